The molecule has 5 heteroatoms. The molecule has 0 aliphatic heterocycles. The Labute approximate surface area is 97.9 Å². The third kappa shape index (κ3) is 7.40. The van der Waals surface area contributed by atoms with Gasteiger partial charge in [0.25, 0.3) is 0 Å². The Balaban J connectivity index is 3.59. The van der Waals surface area contributed by atoms with E-state index in [4.69, 9.17) is 11.5 Å². The number of Topliss-reactive ketones (excluding diaryl/α,β-unsaturated/α-hetero) is 1. The highest BCUT2D eigenvalue weighted by Crippen LogP contribution is 2.05. The van der Waals surface area contributed by atoms with Crippen LogP contribution >= 0.6 is 22.6 Å². The quantitative estimate of drug-likeness (QED) is 0.393. The van der Waals surface area contributed by atoms with E-state index in [1.54, 1.807) is 22.6 Å². The molecular weight excluding hydrogens is 295 g/mol. The van der Waals surface area contributed by atoms with Crippen molar-refractivity contribution in [1.82, 2.24) is 0 Å². The summed E-state index contributed by atoms with van der Waals surface area (Å²) in [6, 6.07) is -0.419. The number of nitrogens with two attached hydrogens (primary N) is 2. The van der Waals surface area contributed by atoms with Gasteiger partial charge in [-0.2, -0.15) is 0 Å². The summed E-state index contributed by atoms with van der Waals surface area (Å²) in [6.45, 7) is 0.632. The van der Waals surface area contributed by atoms with Gasteiger partial charge in [0.15, 0.2) is 3.79 Å². The Hall–Kier alpha value is -0.0100. The fourth-order valence-corrected chi connectivity index (χ4v) is 1.35. The van der Waals surface area contributed by atoms with Gasteiger partial charge in [-0.1, -0.05) is 6.42 Å². The predicted octanol–water partition coefficient (Wildman–Crippen LogP) is 0.754. The number of hydrogen-bond donors (Lipinski definition) is 2. The largest absolute Gasteiger partial charge is 0.330 e. The molecule has 0 aromatic carbocycles. The lowest BCUT2D eigenvalue weighted by atomic mass is 10.0. The van der Waals surface area contributed by atoms with Crippen LogP contribution in [0, 0.1) is 0 Å². The van der Waals surface area contributed by atoms with Gasteiger partial charge in [0.2, 0.25) is 0 Å². The van der Waals surface area contributed by atoms with Crippen LogP contribution in [0.25, 0.3) is 0 Å². The van der Waals surface area contributed by atoms with E-state index in [1.165, 1.54) is 0 Å². The summed E-state index contributed by atoms with van der Waals surface area (Å²) >= 11 is 1.69. The van der Waals surface area contributed by atoms with Crippen LogP contribution in [-0.4, -0.2) is 22.2 Å². The first-order chi connectivity index (χ1) is 6.57. The number of halogens is 1. The molecule has 0 saturated carbocycles. The Kier molecular flexibility index (Phi) is 8.30. The zero-order chi connectivity index (χ0) is 11.0. The van der Waals surface area contributed by atoms with Gasteiger partial charge >= 0.3 is 0 Å². The lowest BCUT2D eigenvalue weighted by molar-refractivity contribution is -0.122. The summed E-state index contributed by atoms with van der Waals surface area (Å²) < 4.78 is 0.00473. The summed E-state index contributed by atoms with van der Waals surface area (Å²) in [5.41, 5.74) is 11.0. The molecule has 14 heavy (non-hydrogen) atoms. The van der Waals surface area contributed by atoms with Gasteiger partial charge in [0.05, 0.1) is 6.04 Å². The van der Waals surface area contributed by atoms with E-state index < -0.39 is 6.04 Å². The molecular formula is C9H17IN2O2. The first-order valence-corrected chi connectivity index (χ1v) is 5.82. The summed E-state index contributed by atoms with van der Waals surface area (Å²) in [5.74, 6) is -0.0213. The molecule has 0 aliphatic rings. The summed E-state index contributed by atoms with van der Waals surface area (Å²) in [6.07, 6.45) is 3.01. The lowest BCUT2D eigenvalue weighted by Crippen LogP contribution is -2.30. The average Bonchev–Trinajstić information content (AvgIpc) is 2.14. The van der Waals surface area contributed by atoms with Gasteiger partial charge in [0, 0.05) is 12.8 Å². The maximum absolute atomic E-state index is 11.3. The van der Waals surface area contributed by atoms with Gasteiger partial charge in [-0.05, 0) is 42.0 Å². The number of rotatable bonds is 8. The molecule has 0 saturated heterocycles. The minimum atomic E-state index is -0.419. The van der Waals surface area contributed by atoms with Gasteiger partial charge in [0.1, 0.15) is 5.78 Å². The highest BCUT2D eigenvalue weighted by Gasteiger charge is 2.13. The third-order valence-electron chi connectivity index (χ3n) is 1.95. The second-order valence-electron chi connectivity index (χ2n) is 3.21. The highest BCUT2D eigenvalue weighted by molar-refractivity contribution is 14.1. The van der Waals surface area contributed by atoms with Crippen LogP contribution in [-0.2, 0) is 9.59 Å². The van der Waals surface area contributed by atoms with E-state index in [1.807, 2.05) is 0 Å². The first kappa shape index (κ1) is 14.0. The molecule has 0 radical (unpaired) electrons. The second-order valence-corrected chi connectivity index (χ2v) is 4.42. The van der Waals surface area contributed by atoms with Crippen molar-refractivity contribution in [2.45, 2.75) is 38.1 Å². The summed E-state index contributed by atoms with van der Waals surface area (Å²) in [5, 5.41) is 0. The zero-order valence-electron chi connectivity index (χ0n) is 8.17. The minimum absolute atomic E-state index is 0.00473. The smallest absolute Gasteiger partial charge is 0.192 e. The average molecular weight is 312 g/mol. The Morgan fingerprint density at radius 2 is 1.86 bits per heavy atom. The van der Waals surface area contributed by atoms with E-state index in [2.05, 4.69) is 0 Å². The Morgan fingerprint density at radius 1 is 1.21 bits per heavy atom. The molecule has 0 aliphatic carbocycles. The van der Waals surface area contributed by atoms with Crippen molar-refractivity contribution >= 4 is 32.2 Å². The van der Waals surface area contributed by atoms with Gasteiger partial charge < -0.3 is 11.5 Å². The van der Waals surface area contributed by atoms with Crippen molar-refractivity contribution in [2.75, 3.05) is 6.54 Å². The maximum atomic E-state index is 11.3. The predicted molar refractivity (Wildman–Crippen MR) is 64.1 cm³/mol. The monoisotopic (exact) mass is 312 g/mol. The summed E-state index contributed by atoms with van der Waals surface area (Å²) in [4.78, 5) is 21.9. The second kappa shape index (κ2) is 8.31. The Bertz CT molecular complexity index is 197. The van der Waals surface area contributed by atoms with Crippen LogP contribution < -0.4 is 11.5 Å². The molecule has 0 amide bonds. The molecule has 0 aromatic rings. The molecule has 0 fully saturated rings. The van der Waals surface area contributed by atoms with Gasteiger partial charge in [-0.25, -0.2) is 0 Å². The molecule has 0 aromatic heterocycles. The molecule has 0 unspecified atom stereocenters. The van der Waals surface area contributed by atoms with E-state index in [9.17, 15) is 9.59 Å². The van der Waals surface area contributed by atoms with E-state index in [0.29, 0.717) is 19.4 Å². The molecule has 0 spiro atoms. The van der Waals surface area contributed by atoms with Gasteiger partial charge in [-0.15, -0.1) is 0 Å². The number of ketones is 1. The molecule has 0 heterocycles. The van der Waals surface area contributed by atoms with Crippen molar-refractivity contribution in [1.29, 1.82) is 0 Å². The zero-order valence-corrected chi connectivity index (χ0v) is 10.3. The van der Waals surface area contributed by atoms with Crippen LogP contribution in [0.2, 0.25) is 0 Å². The van der Waals surface area contributed by atoms with Crippen molar-refractivity contribution in [3.8, 4) is 0 Å². The van der Waals surface area contributed by atoms with Crippen LogP contribution in [0.4, 0.5) is 0 Å². The van der Waals surface area contributed by atoms with Crippen LogP contribution in [0.15, 0.2) is 0 Å². The number of carbonyl (C=O) groups excluding carboxylic acids is 2. The SMILES string of the molecule is NCCCC[C@H](N)C(=O)CCC(=O)I. The molecule has 4 N–H and O–H groups in total. The van der Waals surface area contributed by atoms with Crippen LogP contribution in [0.1, 0.15) is 32.1 Å². The molecule has 0 rings (SSSR count). The topological polar surface area (TPSA) is 86.2 Å². The number of hydrogen-bond acceptors (Lipinski definition) is 4. The van der Waals surface area contributed by atoms with Crippen LogP contribution in [0.5, 0.6) is 0 Å². The normalized spacial score (nSPS) is 12.5. The fourth-order valence-electron chi connectivity index (χ4n) is 1.08. The standard InChI is InChI=1S/C9H17IN2O2/c10-9(14)5-4-8(13)7(12)3-1-2-6-11/h7H,1-6,11-12H2/t7-/m0/s1. The van der Waals surface area contributed by atoms with Crippen molar-refractivity contribution in [3.05, 3.63) is 0 Å². The first-order valence-electron chi connectivity index (χ1n) is 4.74. The van der Waals surface area contributed by atoms with Crippen molar-refractivity contribution in [3.63, 3.8) is 0 Å². The minimum Gasteiger partial charge on any atom is -0.330 e. The summed E-state index contributed by atoms with van der Waals surface area (Å²) in [7, 11) is 0. The molecule has 1 atom stereocenters. The van der Waals surface area contributed by atoms with Crippen molar-refractivity contribution in [2.24, 2.45) is 11.5 Å². The lowest BCUT2D eigenvalue weighted by Gasteiger charge is -2.08. The highest BCUT2D eigenvalue weighted by atomic mass is 127. The molecule has 4 nitrogen and oxygen atoms in total. The Morgan fingerprint density at radius 3 is 2.36 bits per heavy atom. The van der Waals surface area contributed by atoms with E-state index >= 15 is 0 Å². The van der Waals surface area contributed by atoms with E-state index in [0.717, 1.165) is 12.8 Å². The number of unbranched alkanes of at least 4 members (excludes halogenated alkanes) is 1. The van der Waals surface area contributed by atoms with Crippen LogP contribution in [0.3, 0.4) is 0 Å². The molecule has 0 bridgehead atoms. The molecule has 82 valence electrons. The number of carbonyl (C=O) groups is 2. The maximum Gasteiger partial charge on any atom is 0.192 e. The van der Waals surface area contributed by atoms with Gasteiger partial charge in [-0.3, -0.25) is 9.59 Å². The van der Waals surface area contributed by atoms with Crippen molar-refractivity contribution < 1.29 is 9.59 Å². The fraction of sp³-hybridized carbons (Fsp3) is 0.778. The third-order valence-corrected chi connectivity index (χ3v) is 2.49. The van der Waals surface area contributed by atoms with E-state index in [-0.39, 0.29) is 16.0 Å².